The molecule has 2 nitrogen and oxygen atoms in total. The van der Waals surface area contributed by atoms with Crippen LogP contribution in [0.1, 0.15) is 0 Å². The van der Waals surface area contributed by atoms with Crippen LogP contribution in [0.25, 0.3) is 31.2 Å². The van der Waals surface area contributed by atoms with Crippen molar-refractivity contribution in [1.82, 2.24) is 9.97 Å². The highest BCUT2D eigenvalue weighted by Crippen LogP contribution is 2.33. The molecule has 80 valence electrons. The van der Waals surface area contributed by atoms with Crippen LogP contribution in [0.5, 0.6) is 0 Å². The van der Waals surface area contributed by atoms with Crippen molar-refractivity contribution in [3.63, 3.8) is 0 Å². The van der Waals surface area contributed by atoms with Gasteiger partial charge in [-0.1, -0.05) is 18.2 Å². The number of pyridine rings is 2. The molecule has 3 heterocycles. The van der Waals surface area contributed by atoms with Gasteiger partial charge in [0, 0.05) is 21.7 Å². The van der Waals surface area contributed by atoms with Crippen LogP contribution >= 0.6 is 11.3 Å². The quantitative estimate of drug-likeness (QED) is 0.461. The maximum Gasteiger partial charge on any atom is 0.0896 e. The largest absolute Gasteiger partial charge is 0.262 e. The number of rotatable bonds is 0. The maximum absolute atomic E-state index is 4.71. The average molecular weight is 236 g/mol. The molecule has 0 amide bonds. The molecule has 0 unspecified atom stereocenters. The van der Waals surface area contributed by atoms with Crippen LogP contribution in [-0.2, 0) is 0 Å². The summed E-state index contributed by atoms with van der Waals surface area (Å²) in [5, 5.41) is 2.39. The molecule has 4 aromatic rings. The van der Waals surface area contributed by atoms with E-state index in [0.29, 0.717) is 0 Å². The SMILES string of the molecule is c1ccc2c(c1)sc1cc3ccncc3nc12. The van der Waals surface area contributed by atoms with Crippen molar-refractivity contribution >= 4 is 42.5 Å². The average Bonchev–Trinajstić information content (AvgIpc) is 2.73. The molecule has 0 aliphatic heterocycles. The molecule has 4 rings (SSSR count). The number of hydrogen-bond acceptors (Lipinski definition) is 3. The third-order valence-electron chi connectivity index (χ3n) is 2.95. The first-order valence-electron chi connectivity index (χ1n) is 5.44. The van der Waals surface area contributed by atoms with Crippen molar-refractivity contribution in [2.24, 2.45) is 0 Å². The Kier molecular flexibility index (Phi) is 1.73. The minimum atomic E-state index is 0.962. The van der Waals surface area contributed by atoms with Crippen LogP contribution in [-0.4, -0.2) is 9.97 Å². The van der Waals surface area contributed by atoms with Gasteiger partial charge in [0.1, 0.15) is 0 Å². The Balaban J connectivity index is 2.28. The van der Waals surface area contributed by atoms with Gasteiger partial charge >= 0.3 is 0 Å². The van der Waals surface area contributed by atoms with Gasteiger partial charge in [-0.3, -0.25) is 4.98 Å². The second-order valence-electron chi connectivity index (χ2n) is 4.00. The number of nitrogens with zero attached hydrogens (tertiary/aromatic N) is 2. The summed E-state index contributed by atoms with van der Waals surface area (Å²) in [4.78, 5) is 8.84. The standard InChI is InChI=1S/C14H8N2S/c1-2-4-12-10(3-1)14-13(17-12)7-9-5-6-15-8-11(9)16-14/h1-8H. The van der Waals surface area contributed by atoms with Crippen LogP contribution in [0.2, 0.25) is 0 Å². The van der Waals surface area contributed by atoms with Gasteiger partial charge in [0.25, 0.3) is 0 Å². The fourth-order valence-corrected chi connectivity index (χ4v) is 3.23. The van der Waals surface area contributed by atoms with E-state index in [9.17, 15) is 0 Å². The van der Waals surface area contributed by atoms with Gasteiger partial charge in [0.2, 0.25) is 0 Å². The summed E-state index contributed by atoms with van der Waals surface area (Å²) in [7, 11) is 0. The molecular formula is C14H8N2S. The van der Waals surface area contributed by atoms with E-state index in [1.54, 1.807) is 11.3 Å². The number of thiophene rings is 1. The first-order chi connectivity index (χ1) is 8.42. The first kappa shape index (κ1) is 9.07. The summed E-state index contributed by atoms with van der Waals surface area (Å²) in [6, 6.07) is 12.6. The molecule has 17 heavy (non-hydrogen) atoms. The van der Waals surface area contributed by atoms with Gasteiger partial charge in [-0.2, -0.15) is 0 Å². The van der Waals surface area contributed by atoms with E-state index in [4.69, 9.17) is 4.98 Å². The van der Waals surface area contributed by atoms with Crippen LogP contribution in [0.3, 0.4) is 0 Å². The Morgan fingerprint density at radius 1 is 1.00 bits per heavy atom. The molecule has 0 spiro atoms. The molecule has 0 atom stereocenters. The zero-order chi connectivity index (χ0) is 11.2. The van der Waals surface area contributed by atoms with Crippen LogP contribution in [0, 0.1) is 0 Å². The fraction of sp³-hybridized carbons (Fsp3) is 0. The second-order valence-corrected chi connectivity index (χ2v) is 5.09. The monoisotopic (exact) mass is 236 g/mol. The molecule has 0 bridgehead atoms. The Labute approximate surface area is 102 Å². The van der Waals surface area contributed by atoms with E-state index in [2.05, 4.69) is 35.3 Å². The van der Waals surface area contributed by atoms with Crippen molar-refractivity contribution in [2.45, 2.75) is 0 Å². The summed E-state index contributed by atoms with van der Waals surface area (Å²) in [6.07, 6.45) is 3.63. The third-order valence-corrected chi connectivity index (χ3v) is 4.05. The smallest absolute Gasteiger partial charge is 0.0896 e. The van der Waals surface area contributed by atoms with Crippen molar-refractivity contribution < 1.29 is 0 Å². The van der Waals surface area contributed by atoms with E-state index in [1.807, 2.05) is 18.5 Å². The molecule has 0 saturated heterocycles. The number of fused-ring (bicyclic) bond motifs is 4. The summed E-state index contributed by atoms with van der Waals surface area (Å²) in [6.45, 7) is 0. The first-order valence-corrected chi connectivity index (χ1v) is 6.25. The highest BCUT2D eigenvalue weighted by atomic mass is 32.1. The van der Waals surface area contributed by atoms with Crippen molar-refractivity contribution in [2.75, 3.05) is 0 Å². The normalized spacial score (nSPS) is 11.5. The summed E-state index contributed by atoms with van der Waals surface area (Å²) in [5.74, 6) is 0. The van der Waals surface area contributed by atoms with Crippen LogP contribution in [0.4, 0.5) is 0 Å². The molecule has 3 aromatic heterocycles. The molecule has 0 aliphatic carbocycles. The van der Waals surface area contributed by atoms with E-state index >= 15 is 0 Å². The van der Waals surface area contributed by atoms with Crippen molar-refractivity contribution in [3.05, 3.63) is 48.8 Å². The zero-order valence-electron chi connectivity index (χ0n) is 8.92. The van der Waals surface area contributed by atoms with Gasteiger partial charge in [0.15, 0.2) is 0 Å². The van der Waals surface area contributed by atoms with Gasteiger partial charge in [-0.25, -0.2) is 4.98 Å². The third kappa shape index (κ3) is 1.26. The Hall–Kier alpha value is -2.00. The lowest BCUT2D eigenvalue weighted by atomic mass is 10.2. The topological polar surface area (TPSA) is 25.8 Å². The lowest BCUT2D eigenvalue weighted by Gasteiger charge is -1.96. The van der Waals surface area contributed by atoms with Crippen LogP contribution in [0.15, 0.2) is 48.8 Å². The predicted octanol–water partition coefficient (Wildman–Crippen LogP) is 4.00. The summed E-state index contributed by atoms with van der Waals surface area (Å²) >= 11 is 1.79. The van der Waals surface area contributed by atoms with E-state index in [1.165, 1.54) is 14.8 Å². The molecule has 1 aromatic carbocycles. The Morgan fingerprint density at radius 3 is 2.94 bits per heavy atom. The summed E-state index contributed by atoms with van der Waals surface area (Å²) in [5.41, 5.74) is 2.05. The number of aromatic nitrogens is 2. The minimum Gasteiger partial charge on any atom is -0.262 e. The lowest BCUT2D eigenvalue weighted by molar-refractivity contribution is 1.34. The van der Waals surface area contributed by atoms with Crippen LogP contribution < -0.4 is 0 Å². The molecule has 3 heteroatoms. The van der Waals surface area contributed by atoms with E-state index in [-0.39, 0.29) is 0 Å². The molecule has 0 radical (unpaired) electrons. The molecule has 0 fully saturated rings. The fourth-order valence-electron chi connectivity index (χ4n) is 2.14. The Bertz CT molecular complexity index is 842. The van der Waals surface area contributed by atoms with Crippen molar-refractivity contribution in [3.8, 4) is 0 Å². The lowest BCUT2D eigenvalue weighted by Crippen LogP contribution is -1.80. The van der Waals surface area contributed by atoms with E-state index < -0.39 is 0 Å². The molecule has 0 saturated carbocycles. The molecular weight excluding hydrogens is 228 g/mol. The molecule has 0 aliphatic rings. The summed E-state index contributed by atoms with van der Waals surface area (Å²) < 4.78 is 2.53. The number of hydrogen-bond donors (Lipinski definition) is 0. The van der Waals surface area contributed by atoms with E-state index in [0.717, 1.165) is 16.4 Å². The van der Waals surface area contributed by atoms with Gasteiger partial charge in [0.05, 0.1) is 21.9 Å². The maximum atomic E-state index is 4.71. The van der Waals surface area contributed by atoms with Gasteiger partial charge < -0.3 is 0 Å². The van der Waals surface area contributed by atoms with Gasteiger partial charge in [-0.05, 0) is 18.2 Å². The highest BCUT2D eigenvalue weighted by molar-refractivity contribution is 7.25. The Morgan fingerprint density at radius 2 is 1.94 bits per heavy atom. The predicted molar refractivity (Wildman–Crippen MR) is 72.4 cm³/mol. The second kappa shape index (κ2) is 3.25. The highest BCUT2D eigenvalue weighted by Gasteiger charge is 2.06. The van der Waals surface area contributed by atoms with Crippen molar-refractivity contribution in [1.29, 1.82) is 0 Å². The van der Waals surface area contributed by atoms with Gasteiger partial charge in [-0.15, -0.1) is 11.3 Å². The zero-order valence-corrected chi connectivity index (χ0v) is 9.74. The minimum absolute atomic E-state index is 0.962. The molecule has 0 N–H and O–H groups in total. The number of benzene rings is 1.